The number of hydrogen-bond donors (Lipinski definition) is 1. The highest BCUT2D eigenvalue weighted by atomic mass is 35.5. The molecule has 3 heteroatoms. The third-order valence-electron chi connectivity index (χ3n) is 2.53. The predicted octanol–water partition coefficient (Wildman–Crippen LogP) is 1.34. The highest BCUT2D eigenvalue weighted by Crippen LogP contribution is 2.30. The first-order chi connectivity index (χ1) is 5.87. The smallest absolute Gasteiger partial charge is 0.0597 e. The number of nitrogens with two attached hydrogens (primary N) is 1. The van der Waals surface area contributed by atoms with Crippen LogP contribution in [-0.4, -0.2) is 19.8 Å². The zero-order valence-electron chi connectivity index (χ0n) is 7.40. The van der Waals surface area contributed by atoms with Crippen molar-refractivity contribution in [3.05, 3.63) is 35.9 Å². The average molecular weight is 200 g/mol. The highest BCUT2D eigenvalue weighted by Gasteiger charge is 2.38. The molecule has 0 bridgehead atoms. The highest BCUT2D eigenvalue weighted by molar-refractivity contribution is 5.85. The van der Waals surface area contributed by atoms with Gasteiger partial charge in [-0.05, 0) is 5.56 Å². The van der Waals surface area contributed by atoms with Gasteiger partial charge in [-0.3, -0.25) is 0 Å². The maximum absolute atomic E-state index is 5.72. The van der Waals surface area contributed by atoms with E-state index in [1.165, 1.54) is 5.56 Å². The van der Waals surface area contributed by atoms with Gasteiger partial charge < -0.3 is 10.5 Å². The van der Waals surface area contributed by atoms with E-state index >= 15 is 0 Å². The largest absolute Gasteiger partial charge is 0.379 e. The molecule has 2 N–H and O–H groups in total. The fourth-order valence-corrected chi connectivity index (χ4v) is 1.54. The van der Waals surface area contributed by atoms with Crippen molar-refractivity contribution in [1.29, 1.82) is 0 Å². The van der Waals surface area contributed by atoms with Gasteiger partial charge in [0.05, 0.1) is 18.6 Å². The molecule has 0 saturated carbocycles. The Hall–Kier alpha value is -0.570. The van der Waals surface area contributed by atoms with Gasteiger partial charge in [0.2, 0.25) is 0 Å². The van der Waals surface area contributed by atoms with Crippen LogP contribution in [0, 0.1) is 0 Å². The van der Waals surface area contributed by atoms with E-state index in [1.54, 1.807) is 0 Å². The van der Waals surface area contributed by atoms with E-state index in [9.17, 15) is 0 Å². The number of rotatable bonds is 2. The van der Waals surface area contributed by atoms with Crippen molar-refractivity contribution in [3.8, 4) is 0 Å². The van der Waals surface area contributed by atoms with Crippen LogP contribution in [0.3, 0.4) is 0 Å². The predicted molar refractivity (Wildman–Crippen MR) is 55.2 cm³/mol. The van der Waals surface area contributed by atoms with Gasteiger partial charge in [0.1, 0.15) is 0 Å². The minimum absolute atomic E-state index is 0. The van der Waals surface area contributed by atoms with E-state index in [2.05, 4.69) is 12.1 Å². The van der Waals surface area contributed by atoms with E-state index in [-0.39, 0.29) is 17.8 Å². The summed E-state index contributed by atoms with van der Waals surface area (Å²) in [6.07, 6.45) is 0. The topological polar surface area (TPSA) is 35.2 Å². The Morgan fingerprint density at radius 2 is 1.85 bits per heavy atom. The molecular formula is C10H14ClNO. The molecule has 2 rings (SSSR count). The molecule has 1 aromatic carbocycles. The summed E-state index contributed by atoms with van der Waals surface area (Å²) >= 11 is 0. The Morgan fingerprint density at radius 1 is 1.23 bits per heavy atom. The van der Waals surface area contributed by atoms with Gasteiger partial charge in [0.25, 0.3) is 0 Å². The van der Waals surface area contributed by atoms with E-state index in [1.807, 2.05) is 18.2 Å². The van der Waals surface area contributed by atoms with Crippen molar-refractivity contribution < 1.29 is 4.74 Å². The summed E-state index contributed by atoms with van der Waals surface area (Å²) in [5.41, 5.74) is 7.14. The standard InChI is InChI=1S/C10H13NO.ClH/c11-6-10(7-12-8-10)9-4-2-1-3-5-9;/h1-5H,6-8,11H2;1H. The van der Waals surface area contributed by atoms with Crippen molar-refractivity contribution in [1.82, 2.24) is 0 Å². The molecule has 2 nitrogen and oxygen atoms in total. The second-order valence-corrected chi connectivity index (χ2v) is 3.34. The summed E-state index contributed by atoms with van der Waals surface area (Å²) in [4.78, 5) is 0. The quantitative estimate of drug-likeness (QED) is 0.780. The van der Waals surface area contributed by atoms with Crippen LogP contribution in [0.5, 0.6) is 0 Å². The minimum atomic E-state index is 0. The first-order valence-electron chi connectivity index (χ1n) is 4.21. The van der Waals surface area contributed by atoms with Gasteiger partial charge in [-0.25, -0.2) is 0 Å². The lowest BCUT2D eigenvalue weighted by Gasteiger charge is -2.40. The molecule has 1 saturated heterocycles. The minimum Gasteiger partial charge on any atom is -0.379 e. The second-order valence-electron chi connectivity index (χ2n) is 3.34. The maximum Gasteiger partial charge on any atom is 0.0597 e. The Kier molecular flexibility index (Phi) is 3.31. The molecule has 13 heavy (non-hydrogen) atoms. The van der Waals surface area contributed by atoms with Crippen LogP contribution < -0.4 is 5.73 Å². The number of hydrogen-bond acceptors (Lipinski definition) is 2. The van der Waals surface area contributed by atoms with Crippen LogP contribution in [0.15, 0.2) is 30.3 Å². The van der Waals surface area contributed by atoms with Crippen molar-refractivity contribution in [2.24, 2.45) is 5.73 Å². The molecule has 72 valence electrons. The maximum atomic E-state index is 5.72. The summed E-state index contributed by atoms with van der Waals surface area (Å²) < 4.78 is 5.20. The van der Waals surface area contributed by atoms with Crippen molar-refractivity contribution in [2.75, 3.05) is 19.8 Å². The first kappa shape index (κ1) is 10.5. The van der Waals surface area contributed by atoms with Gasteiger partial charge in [-0.1, -0.05) is 30.3 Å². The second kappa shape index (κ2) is 4.09. The Bertz CT molecular complexity index is 253. The summed E-state index contributed by atoms with van der Waals surface area (Å²) in [7, 11) is 0. The molecule has 1 fully saturated rings. The van der Waals surface area contributed by atoms with Crippen LogP contribution >= 0.6 is 12.4 Å². The van der Waals surface area contributed by atoms with E-state index in [0.717, 1.165) is 13.2 Å². The molecule has 0 aliphatic carbocycles. The first-order valence-corrected chi connectivity index (χ1v) is 4.21. The molecule has 0 atom stereocenters. The van der Waals surface area contributed by atoms with Crippen molar-refractivity contribution in [2.45, 2.75) is 5.41 Å². The van der Waals surface area contributed by atoms with Crippen LogP contribution in [0.25, 0.3) is 0 Å². The van der Waals surface area contributed by atoms with Crippen molar-refractivity contribution in [3.63, 3.8) is 0 Å². The normalized spacial score (nSPS) is 18.5. The van der Waals surface area contributed by atoms with Gasteiger partial charge in [0.15, 0.2) is 0 Å². The van der Waals surface area contributed by atoms with Gasteiger partial charge in [-0.2, -0.15) is 0 Å². The summed E-state index contributed by atoms with van der Waals surface area (Å²) in [5, 5.41) is 0. The van der Waals surface area contributed by atoms with Gasteiger partial charge in [0, 0.05) is 6.54 Å². The van der Waals surface area contributed by atoms with Crippen LogP contribution in [-0.2, 0) is 10.2 Å². The van der Waals surface area contributed by atoms with Crippen LogP contribution in [0.1, 0.15) is 5.56 Å². The molecule has 0 amide bonds. The van der Waals surface area contributed by atoms with E-state index < -0.39 is 0 Å². The molecular weight excluding hydrogens is 186 g/mol. The lowest BCUT2D eigenvalue weighted by Crippen LogP contribution is -2.52. The summed E-state index contributed by atoms with van der Waals surface area (Å²) in [6.45, 7) is 2.22. The van der Waals surface area contributed by atoms with Crippen LogP contribution in [0.2, 0.25) is 0 Å². The van der Waals surface area contributed by atoms with Crippen LogP contribution in [0.4, 0.5) is 0 Å². The lowest BCUT2D eigenvalue weighted by atomic mass is 9.79. The third-order valence-corrected chi connectivity index (χ3v) is 2.53. The Morgan fingerprint density at radius 3 is 2.23 bits per heavy atom. The number of benzene rings is 1. The molecule has 1 aliphatic heterocycles. The molecule has 0 spiro atoms. The Balaban J connectivity index is 0.000000845. The number of ether oxygens (including phenoxy) is 1. The SMILES string of the molecule is Cl.NCC1(c2ccccc2)COC1. The fourth-order valence-electron chi connectivity index (χ4n) is 1.54. The summed E-state index contributed by atoms with van der Waals surface area (Å²) in [6, 6.07) is 10.4. The van der Waals surface area contributed by atoms with E-state index in [4.69, 9.17) is 10.5 Å². The third kappa shape index (κ3) is 1.70. The molecule has 1 aliphatic rings. The molecule has 0 radical (unpaired) electrons. The molecule has 0 aromatic heterocycles. The molecule has 0 unspecified atom stereocenters. The van der Waals surface area contributed by atoms with Gasteiger partial charge in [-0.15, -0.1) is 12.4 Å². The molecule has 1 aromatic rings. The zero-order valence-corrected chi connectivity index (χ0v) is 8.22. The fraction of sp³-hybridized carbons (Fsp3) is 0.400. The Labute approximate surface area is 84.5 Å². The zero-order chi connectivity index (χ0) is 8.44. The monoisotopic (exact) mass is 199 g/mol. The lowest BCUT2D eigenvalue weighted by molar-refractivity contribution is -0.0550. The van der Waals surface area contributed by atoms with E-state index in [0.29, 0.717) is 6.54 Å². The number of halogens is 1. The summed E-state index contributed by atoms with van der Waals surface area (Å²) in [5.74, 6) is 0. The van der Waals surface area contributed by atoms with Crippen molar-refractivity contribution >= 4 is 12.4 Å². The van der Waals surface area contributed by atoms with Gasteiger partial charge >= 0.3 is 0 Å². The average Bonchev–Trinajstić information content (AvgIpc) is 2.05. The molecule has 1 heterocycles.